The van der Waals surface area contributed by atoms with E-state index in [1.54, 1.807) is 12.3 Å². The van der Waals surface area contributed by atoms with Crippen LogP contribution in [0.3, 0.4) is 0 Å². The second-order valence-electron chi connectivity index (χ2n) is 14.9. The van der Waals surface area contributed by atoms with Crippen molar-refractivity contribution >= 4 is 43.7 Å². The summed E-state index contributed by atoms with van der Waals surface area (Å²) < 4.78 is 21.7. The molecule has 10 rings (SSSR count). The van der Waals surface area contributed by atoms with Crippen LogP contribution < -0.4 is 0 Å². The Hall–Kier alpha value is -6.20. The average molecular weight is 934 g/mol. The van der Waals surface area contributed by atoms with Crippen LogP contribution in [0, 0.1) is 17.9 Å². The zero-order valence-corrected chi connectivity index (χ0v) is 35.0. The number of para-hydroxylation sites is 2. The van der Waals surface area contributed by atoms with Gasteiger partial charge in [0.2, 0.25) is 0 Å². The van der Waals surface area contributed by atoms with E-state index in [0.29, 0.717) is 0 Å². The molecule has 0 unspecified atom stereocenters. The van der Waals surface area contributed by atoms with Gasteiger partial charge in [-0.25, -0.2) is 0 Å². The van der Waals surface area contributed by atoms with Crippen LogP contribution in [0.4, 0.5) is 4.39 Å². The number of hydrogen-bond acceptors (Lipinski definition) is 3. The Kier molecular flexibility index (Phi) is 10.9. The van der Waals surface area contributed by atoms with E-state index < -0.39 is 0 Å². The molecule has 7 aromatic carbocycles. The number of halogens is 1. The number of imidazole rings is 1. The third kappa shape index (κ3) is 7.15. The van der Waals surface area contributed by atoms with Crippen molar-refractivity contribution in [2.45, 2.75) is 39.5 Å². The number of pyridine rings is 1. The molecule has 0 atom stereocenters. The van der Waals surface area contributed by atoms with E-state index in [4.69, 9.17) is 9.40 Å². The van der Waals surface area contributed by atoms with Crippen LogP contribution >= 0.6 is 0 Å². The van der Waals surface area contributed by atoms with Gasteiger partial charge in [0.15, 0.2) is 0 Å². The molecule has 10 aromatic rings. The number of nitrogens with zero attached hydrogens (tertiary/aromatic N) is 3. The molecule has 0 amide bonds. The van der Waals surface area contributed by atoms with Crippen LogP contribution in [0.25, 0.3) is 83.2 Å². The summed E-state index contributed by atoms with van der Waals surface area (Å²) >= 11 is 0. The molecule has 3 heterocycles. The van der Waals surface area contributed by atoms with E-state index in [9.17, 15) is 4.39 Å². The molecular formula is C52H40FIrN3O-2. The summed E-state index contributed by atoms with van der Waals surface area (Å²) in [6.45, 7) is 9.14. The maximum atomic E-state index is 12.6. The Morgan fingerprint density at radius 2 is 1.34 bits per heavy atom. The molecule has 58 heavy (non-hydrogen) atoms. The molecule has 1 radical (unpaired) electrons. The number of hydrogen-bond donors (Lipinski definition) is 0. The Labute approximate surface area is 351 Å². The molecule has 0 fully saturated rings. The first-order valence-electron chi connectivity index (χ1n) is 19.4. The quantitative estimate of drug-likeness (QED) is 0.156. The van der Waals surface area contributed by atoms with Crippen molar-refractivity contribution in [2.24, 2.45) is 0 Å². The maximum absolute atomic E-state index is 12.6. The van der Waals surface area contributed by atoms with E-state index in [-0.39, 0.29) is 37.8 Å². The Morgan fingerprint density at radius 3 is 2.07 bits per heavy atom. The number of furan rings is 1. The van der Waals surface area contributed by atoms with Crippen LogP contribution in [0.15, 0.2) is 162 Å². The molecule has 3 aromatic heterocycles. The van der Waals surface area contributed by atoms with Crippen molar-refractivity contribution < 1.29 is 28.9 Å². The monoisotopic (exact) mass is 934 g/mol. The van der Waals surface area contributed by atoms with E-state index in [1.807, 2.05) is 24.3 Å². The number of rotatable bonds is 6. The van der Waals surface area contributed by atoms with Crippen LogP contribution in [0.2, 0.25) is 0 Å². The molecule has 0 bridgehead atoms. The molecule has 0 aliphatic heterocycles. The SMILES string of the molecule is CC(C)c1cc(-c2ccccc2)cc(C(C)C)c1-n1c(-c2[c-]ccc3c2oc2c4ccccc4ccc32)nc2ccccc21.Fc1c[c-]c(-c2ccccn2)cc1.[Ir]. The van der Waals surface area contributed by atoms with Crippen LogP contribution in [0.1, 0.15) is 50.7 Å². The van der Waals surface area contributed by atoms with Crippen molar-refractivity contribution in [2.75, 3.05) is 0 Å². The van der Waals surface area contributed by atoms with Gasteiger partial charge in [0, 0.05) is 48.6 Å². The summed E-state index contributed by atoms with van der Waals surface area (Å²) in [5, 5.41) is 4.46. The first kappa shape index (κ1) is 38.7. The third-order valence-corrected chi connectivity index (χ3v) is 10.6. The van der Waals surface area contributed by atoms with E-state index >= 15 is 0 Å². The second kappa shape index (κ2) is 16.3. The van der Waals surface area contributed by atoms with Gasteiger partial charge in [0.05, 0.1) is 22.4 Å². The fraction of sp³-hybridized carbons (Fsp3) is 0.115. The molecule has 0 spiro atoms. The summed E-state index contributed by atoms with van der Waals surface area (Å²) in [6.07, 6.45) is 1.70. The number of fused-ring (bicyclic) bond motifs is 6. The molecular weight excluding hydrogens is 894 g/mol. The predicted octanol–water partition coefficient (Wildman–Crippen LogP) is 14.1. The minimum Gasteiger partial charge on any atom is -0.500 e. The van der Waals surface area contributed by atoms with E-state index in [0.717, 1.165) is 61.0 Å². The van der Waals surface area contributed by atoms with Crippen molar-refractivity contribution in [1.29, 1.82) is 0 Å². The summed E-state index contributed by atoms with van der Waals surface area (Å²) in [7, 11) is 0. The first-order valence-corrected chi connectivity index (χ1v) is 19.4. The summed E-state index contributed by atoms with van der Waals surface area (Å²) in [5.74, 6) is 1.14. The van der Waals surface area contributed by atoms with Gasteiger partial charge in [-0.3, -0.25) is 9.37 Å². The summed E-state index contributed by atoms with van der Waals surface area (Å²) in [5.41, 5.74) is 12.5. The molecule has 0 aliphatic carbocycles. The van der Waals surface area contributed by atoms with Gasteiger partial charge in [0.25, 0.3) is 0 Å². The molecule has 4 nitrogen and oxygen atoms in total. The molecule has 0 saturated carbocycles. The number of benzene rings is 7. The first-order chi connectivity index (χ1) is 27.9. The van der Waals surface area contributed by atoms with Gasteiger partial charge in [-0.2, -0.15) is 0 Å². The van der Waals surface area contributed by atoms with Crippen molar-refractivity contribution in [3.63, 3.8) is 0 Å². The predicted molar refractivity (Wildman–Crippen MR) is 232 cm³/mol. The van der Waals surface area contributed by atoms with Crippen molar-refractivity contribution in [3.05, 3.63) is 187 Å². The Balaban J connectivity index is 0.000000286. The molecule has 287 valence electrons. The van der Waals surface area contributed by atoms with E-state index in [1.165, 1.54) is 45.5 Å². The molecule has 6 heteroatoms. The third-order valence-electron chi connectivity index (χ3n) is 10.6. The van der Waals surface area contributed by atoms with Gasteiger partial charge >= 0.3 is 0 Å². The van der Waals surface area contributed by atoms with E-state index in [2.05, 4.69) is 159 Å². The van der Waals surface area contributed by atoms with Gasteiger partial charge in [-0.15, -0.1) is 48.0 Å². The van der Waals surface area contributed by atoms with Crippen LogP contribution in [-0.2, 0) is 20.1 Å². The minimum atomic E-state index is -0.278. The minimum absolute atomic E-state index is 0. The van der Waals surface area contributed by atoms with Gasteiger partial charge in [0.1, 0.15) is 5.58 Å². The fourth-order valence-electron chi connectivity index (χ4n) is 7.76. The van der Waals surface area contributed by atoms with Crippen LogP contribution in [0.5, 0.6) is 0 Å². The van der Waals surface area contributed by atoms with Gasteiger partial charge in [-0.05, 0) is 75.5 Å². The Bertz CT molecular complexity index is 2990. The standard InChI is InChI=1S/C41H33N2O.C11H7FN.Ir/c1-25(2)34-23-29(27-13-6-5-7-14-27)24-35(26(3)4)38(34)43-37-20-11-10-19-36(37)42-41(43)33-18-12-17-31-32-22-21-28-15-8-9-16-30(28)39(32)44-40(31)33;12-10-6-4-9(5-7-10)11-3-1-2-8-13-11;/h5-17,19-26H,1-4H3;1-4,6-8H;/q2*-1;. The zero-order valence-electron chi connectivity index (χ0n) is 32.6. The van der Waals surface area contributed by atoms with Gasteiger partial charge in [-0.1, -0.05) is 130 Å². The molecule has 0 saturated heterocycles. The average Bonchev–Trinajstić information content (AvgIpc) is 3.83. The number of aromatic nitrogens is 3. The Morgan fingerprint density at radius 1 is 0.638 bits per heavy atom. The normalized spacial score (nSPS) is 11.4. The molecule has 0 aliphatic rings. The topological polar surface area (TPSA) is 43.9 Å². The summed E-state index contributed by atoms with van der Waals surface area (Å²) in [4.78, 5) is 9.42. The van der Waals surface area contributed by atoms with Gasteiger partial charge < -0.3 is 14.0 Å². The van der Waals surface area contributed by atoms with Crippen molar-refractivity contribution in [3.8, 4) is 39.5 Å². The second-order valence-corrected chi connectivity index (χ2v) is 14.9. The zero-order chi connectivity index (χ0) is 39.0. The van der Waals surface area contributed by atoms with Crippen LogP contribution in [-0.4, -0.2) is 14.5 Å². The maximum Gasteiger partial charge on any atom is 0.128 e. The largest absolute Gasteiger partial charge is 0.500 e. The fourth-order valence-corrected chi connectivity index (χ4v) is 7.76. The molecule has 0 N–H and O–H groups in total. The smallest absolute Gasteiger partial charge is 0.128 e. The summed E-state index contributed by atoms with van der Waals surface area (Å²) in [6, 6.07) is 57.1. The van der Waals surface area contributed by atoms with Crippen molar-refractivity contribution in [1.82, 2.24) is 14.5 Å².